The molecule has 0 spiro atoms. The fourth-order valence-electron chi connectivity index (χ4n) is 3.76. The molecule has 19 heavy (non-hydrogen) atoms. The first-order chi connectivity index (χ1) is 8.90. The van der Waals surface area contributed by atoms with Gasteiger partial charge in [-0.2, -0.15) is 0 Å². The van der Waals surface area contributed by atoms with Crippen molar-refractivity contribution in [3.8, 4) is 0 Å². The number of nitrogens with zero attached hydrogens (tertiary/aromatic N) is 1. The zero-order valence-electron chi connectivity index (χ0n) is 14.1. The number of nitrogens with two attached hydrogens (primary N) is 1. The van der Waals surface area contributed by atoms with E-state index in [-0.39, 0.29) is 0 Å². The molecule has 0 bridgehead atoms. The van der Waals surface area contributed by atoms with Crippen LogP contribution in [0.25, 0.3) is 0 Å². The molecule has 1 fully saturated rings. The Bertz CT molecular complexity index is 250. The van der Waals surface area contributed by atoms with Gasteiger partial charge in [-0.3, -0.25) is 4.90 Å². The van der Waals surface area contributed by atoms with Crippen molar-refractivity contribution >= 4 is 0 Å². The van der Waals surface area contributed by atoms with Crippen LogP contribution in [0.1, 0.15) is 67.2 Å². The van der Waals surface area contributed by atoms with Crippen molar-refractivity contribution in [1.29, 1.82) is 0 Å². The molecule has 2 heteroatoms. The highest BCUT2D eigenvalue weighted by Crippen LogP contribution is 2.47. The van der Waals surface area contributed by atoms with Crippen LogP contribution >= 0.6 is 0 Å². The van der Waals surface area contributed by atoms with E-state index in [4.69, 9.17) is 5.73 Å². The van der Waals surface area contributed by atoms with Gasteiger partial charge >= 0.3 is 0 Å². The van der Waals surface area contributed by atoms with Crippen LogP contribution in [0.4, 0.5) is 0 Å². The molecule has 0 heterocycles. The monoisotopic (exact) mass is 268 g/mol. The Labute approximate surface area is 121 Å². The first-order valence-electron chi connectivity index (χ1n) is 8.37. The summed E-state index contributed by atoms with van der Waals surface area (Å²) in [6.07, 6.45) is 5.11. The first kappa shape index (κ1) is 17.0. The Kier molecular flexibility index (Phi) is 6.32. The highest BCUT2D eigenvalue weighted by atomic mass is 15.2. The number of hydrogen-bond acceptors (Lipinski definition) is 2. The predicted octanol–water partition coefficient (Wildman–Crippen LogP) is 3.90. The molecule has 0 unspecified atom stereocenters. The minimum absolute atomic E-state index is 0.301. The van der Waals surface area contributed by atoms with Crippen LogP contribution in [0.2, 0.25) is 0 Å². The molecular formula is C17H36N2. The summed E-state index contributed by atoms with van der Waals surface area (Å²) in [6, 6.07) is 0.707. The predicted molar refractivity (Wildman–Crippen MR) is 85.3 cm³/mol. The van der Waals surface area contributed by atoms with E-state index < -0.39 is 0 Å². The average molecular weight is 268 g/mol. The summed E-state index contributed by atoms with van der Waals surface area (Å²) in [4.78, 5) is 2.77. The fourth-order valence-corrected chi connectivity index (χ4v) is 3.76. The Balaban J connectivity index is 2.83. The van der Waals surface area contributed by atoms with Crippen molar-refractivity contribution in [2.24, 2.45) is 23.5 Å². The van der Waals surface area contributed by atoms with Crippen LogP contribution in [0.5, 0.6) is 0 Å². The van der Waals surface area contributed by atoms with Gasteiger partial charge < -0.3 is 5.73 Å². The molecule has 1 aliphatic rings. The maximum Gasteiger partial charge on any atom is 0.0340 e. The summed E-state index contributed by atoms with van der Waals surface area (Å²) in [5, 5.41) is 0. The van der Waals surface area contributed by atoms with Gasteiger partial charge in [0.2, 0.25) is 0 Å². The lowest BCUT2D eigenvalue weighted by Gasteiger charge is -2.58. The number of hydrogen-bond donors (Lipinski definition) is 1. The lowest BCUT2D eigenvalue weighted by molar-refractivity contribution is -0.0670. The third kappa shape index (κ3) is 3.72. The van der Waals surface area contributed by atoms with Gasteiger partial charge in [-0.25, -0.2) is 0 Å². The first-order valence-corrected chi connectivity index (χ1v) is 8.37. The molecule has 1 aliphatic carbocycles. The average Bonchev–Trinajstić information content (AvgIpc) is 2.28. The second-order valence-electron chi connectivity index (χ2n) is 7.36. The van der Waals surface area contributed by atoms with Gasteiger partial charge in [0.1, 0.15) is 0 Å². The molecular weight excluding hydrogens is 232 g/mol. The lowest BCUT2D eigenvalue weighted by Crippen LogP contribution is -2.65. The van der Waals surface area contributed by atoms with E-state index in [1.807, 2.05) is 0 Å². The van der Waals surface area contributed by atoms with Gasteiger partial charge in [0, 0.05) is 24.7 Å². The zero-order chi connectivity index (χ0) is 14.6. The molecule has 0 atom stereocenters. The Morgan fingerprint density at radius 1 is 1.11 bits per heavy atom. The maximum absolute atomic E-state index is 6.21. The molecule has 0 radical (unpaired) electrons. The van der Waals surface area contributed by atoms with Crippen molar-refractivity contribution in [2.75, 3.05) is 13.1 Å². The molecule has 0 amide bonds. The summed E-state index contributed by atoms with van der Waals surface area (Å²) in [5.41, 5.74) is 6.51. The van der Waals surface area contributed by atoms with Gasteiger partial charge in [-0.15, -0.1) is 0 Å². The SMILES string of the molecule is CCC(CC)N(CC(C)C)C1(CN)CC(C(C)C)C1. The largest absolute Gasteiger partial charge is 0.329 e. The second-order valence-corrected chi connectivity index (χ2v) is 7.36. The minimum Gasteiger partial charge on any atom is -0.329 e. The highest BCUT2D eigenvalue weighted by molar-refractivity contribution is 5.05. The van der Waals surface area contributed by atoms with Gasteiger partial charge in [0.25, 0.3) is 0 Å². The maximum atomic E-state index is 6.21. The normalized spacial score (nSPS) is 27.6. The minimum atomic E-state index is 0.301. The molecule has 0 aromatic heterocycles. The van der Waals surface area contributed by atoms with Crippen LogP contribution in [0.3, 0.4) is 0 Å². The highest BCUT2D eigenvalue weighted by Gasteiger charge is 2.49. The summed E-state index contributed by atoms with van der Waals surface area (Å²) in [6.45, 7) is 16.1. The van der Waals surface area contributed by atoms with Gasteiger partial charge in [-0.05, 0) is 43.4 Å². The smallest absolute Gasteiger partial charge is 0.0340 e. The van der Waals surface area contributed by atoms with Crippen molar-refractivity contribution in [3.05, 3.63) is 0 Å². The topological polar surface area (TPSA) is 29.3 Å². The van der Waals surface area contributed by atoms with Gasteiger partial charge in [-0.1, -0.05) is 41.5 Å². The molecule has 0 saturated heterocycles. The summed E-state index contributed by atoms with van der Waals surface area (Å²) in [5.74, 6) is 2.41. The summed E-state index contributed by atoms with van der Waals surface area (Å²) >= 11 is 0. The quantitative estimate of drug-likeness (QED) is 0.723. The molecule has 1 saturated carbocycles. The fraction of sp³-hybridized carbons (Fsp3) is 1.00. The summed E-state index contributed by atoms with van der Waals surface area (Å²) in [7, 11) is 0. The van der Waals surface area contributed by atoms with Crippen LogP contribution in [0.15, 0.2) is 0 Å². The third-order valence-electron chi connectivity index (χ3n) is 5.16. The van der Waals surface area contributed by atoms with Crippen LogP contribution in [-0.4, -0.2) is 29.6 Å². The van der Waals surface area contributed by atoms with E-state index in [1.54, 1.807) is 0 Å². The van der Waals surface area contributed by atoms with Crippen LogP contribution < -0.4 is 5.73 Å². The number of rotatable bonds is 8. The van der Waals surface area contributed by atoms with E-state index in [9.17, 15) is 0 Å². The second kappa shape index (κ2) is 7.08. The Morgan fingerprint density at radius 2 is 1.63 bits per heavy atom. The molecule has 1 rings (SSSR count). The van der Waals surface area contributed by atoms with Crippen molar-refractivity contribution < 1.29 is 0 Å². The lowest BCUT2D eigenvalue weighted by atomic mass is 9.62. The molecule has 0 aliphatic heterocycles. The molecule has 114 valence electrons. The third-order valence-corrected chi connectivity index (χ3v) is 5.16. The van der Waals surface area contributed by atoms with E-state index in [2.05, 4.69) is 46.4 Å². The van der Waals surface area contributed by atoms with Crippen molar-refractivity contribution in [3.63, 3.8) is 0 Å². The van der Waals surface area contributed by atoms with Crippen LogP contribution in [0, 0.1) is 17.8 Å². The molecule has 0 aromatic carbocycles. The van der Waals surface area contributed by atoms with Gasteiger partial charge in [0.15, 0.2) is 0 Å². The zero-order valence-corrected chi connectivity index (χ0v) is 14.1. The molecule has 2 nitrogen and oxygen atoms in total. The van der Waals surface area contributed by atoms with Gasteiger partial charge in [0.05, 0.1) is 0 Å². The Morgan fingerprint density at radius 3 is 1.95 bits per heavy atom. The van der Waals surface area contributed by atoms with Crippen molar-refractivity contribution in [1.82, 2.24) is 4.90 Å². The summed E-state index contributed by atoms with van der Waals surface area (Å²) < 4.78 is 0. The Hall–Kier alpha value is -0.0800. The van der Waals surface area contributed by atoms with E-state index in [0.717, 1.165) is 24.3 Å². The standard InChI is InChI=1S/C17H36N2/c1-7-16(8-2)19(11-13(3)4)17(12-18)9-15(10-17)14(5)6/h13-16H,7-12,18H2,1-6H3. The molecule has 0 aromatic rings. The van der Waals surface area contributed by atoms with E-state index in [1.165, 1.54) is 32.2 Å². The van der Waals surface area contributed by atoms with Crippen molar-refractivity contribution in [2.45, 2.75) is 78.8 Å². The van der Waals surface area contributed by atoms with E-state index >= 15 is 0 Å². The van der Waals surface area contributed by atoms with Crippen LogP contribution in [-0.2, 0) is 0 Å². The molecule has 2 N–H and O–H groups in total. The van der Waals surface area contributed by atoms with E-state index in [0.29, 0.717) is 11.6 Å².